The molecule has 1 aromatic carbocycles. The number of hydrogen-bond acceptors (Lipinski definition) is 5. The quantitative estimate of drug-likeness (QED) is 0.717. The molecule has 0 aliphatic rings. The van der Waals surface area contributed by atoms with E-state index in [0.29, 0.717) is 5.82 Å². The molecule has 0 unspecified atom stereocenters. The lowest BCUT2D eigenvalue weighted by Gasteiger charge is -2.16. The smallest absolute Gasteiger partial charge is 0.407 e. The molecule has 2 aromatic rings. The SMILES string of the molecule is COC(=O)NCC(=O)N[C@@H](CCSC)c1nc2ccccc2[nH]1. The number of imidazole rings is 1. The molecule has 8 heteroatoms. The van der Waals surface area contributed by atoms with E-state index in [1.807, 2.05) is 30.5 Å². The van der Waals surface area contributed by atoms with Crippen molar-refractivity contribution in [2.75, 3.05) is 25.7 Å². The first-order chi connectivity index (χ1) is 11.1. The predicted molar refractivity (Wildman–Crippen MR) is 90.4 cm³/mol. The third kappa shape index (κ3) is 4.88. The molecule has 0 saturated heterocycles. The van der Waals surface area contributed by atoms with E-state index in [-0.39, 0.29) is 18.5 Å². The summed E-state index contributed by atoms with van der Waals surface area (Å²) in [4.78, 5) is 30.8. The van der Waals surface area contributed by atoms with Crippen molar-refractivity contribution < 1.29 is 14.3 Å². The number of rotatable bonds is 7. The molecule has 23 heavy (non-hydrogen) atoms. The number of thioether (sulfide) groups is 1. The first kappa shape index (κ1) is 17.1. The summed E-state index contributed by atoms with van der Waals surface area (Å²) in [6.07, 6.45) is 2.12. The number of amides is 2. The number of alkyl carbamates (subject to hydrolysis) is 1. The molecule has 0 aliphatic heterocycles. The van der Waals surface area contributed by atoms with E-state index in [9.17, 15) is 9.59 Å². The Hall–Kier alpha value is -2.22. The minimum absolute atomic E-state index is 0.136. The first-order valence-electron chi connectivity index (χ1n) is 7.18. The third-order valence-corrected chi connectivity index (χ3v) is 3.91. The Kier molecular flexibility index (Phi) is 6.28. The van der Waals surface area contributed by atoms with E-state index in [4.69, 9.17) is 0 Å². The number of aromatic nitrogens is 2. The highest BCUT2D eigenvalue weighted by atomic mass is 32.2. The average molecular weight is 336 g/mol. The second-order valence-electron chi connectivity index (χ2n) is 4.89. The van der Waals surface area contributed by atoms with Crippen molar-refractivity contribution >= 4 is 34.8 Å². The summed E-state index contributed by atoms with van der Waals surface area (Å²) in [5, 5.41) is 5.25. The Bertz CT molecular complexity index is 641. The molecule has 1 heterocycles. The Morgan fingerprint density at radius 3 is 2.87 bits per heavy atom. The van der Waals surface area contributed by atoms with Gasteiger partial charge in [0.2, 0.25) is 5.91 Å². The summed E-state index contributed by atoms with van der Waals surface area (Å²) < 4.78 is 4.44. The van der Waals surface area contributed by atoms with E-state index in [0.717, 1.165) is 23.2 Å². The van der Waals surface area contributed by atoms with Crippen LogP contribution >= 0.6 is 11.8 Å². The number of nitrogens with one attached hydrogen (secondary N) is 3. The van der Waals surface area contributed by atoms with Crippen molar-refractivity contribution in [2.45, 2.75) is 12.5 Å². The van der Waals surface area contributed by atoms with Crippen LogP contribution in [0.25, 0.3) is 11.0 Å². The van der Waals surface area contributed by atoms with Crippen molar-refractivity contribution in [3.05, 3.63) is 30.1 Å². The summed E-state index contributed by atoms with van der Waals surface area (Å²) in [6, 6.07) is 7.48. The molecule has 2 rings (SSSR count). The van der Waals surface area contributed by atoms with Gasteiger partial charge in [-0.25, -0.2) is 9.78 Å². The minimum atomic E-state index is -0.635. The summed E-state index contributed by atoms with van der Waals surface area (Å²) >= 11 is 1.70. The summed E-state index contributed by atoms with van der Waals surface area (Å²) in [7, 11) is 1.25. The number of carbonyl (C=O) groups excluding carboxylic acids is 2. The van der Waals surface area contributed by atoms with E-state index >= 15 is 0 Å². The van der Waals surface area contributed by atoms with Crippen LogP contribution in [0.15, 0.2) is 24.3 Å². The predicted octanol–water partition coefficient (Wildman–Crippen LogP) is 1.83. The fourth-order valence-electron chi connectivity index (χ4n) is 2.12. The molecule has 7 nitrogen and oxygen atoms in total. The van der Waals surface area contributed by atoms with Crippen molar-refractivity contribution in [3.8, 4) is 0 Å². The number of nitrogens with zero attached hydrogens (tertiary/aromatic N) is 1. The van der Waals surface area contributed by atoms with Gasteiger partial charge in [0.1, 0.15) is 12.4 Å². The fraction of sp³-hybridized carbons (Fsp3) is 0.400. The molecule has 1 aromatic heterocycles. The zero-order valence-electron chi connectivity index (χ0n) is 13.1. The number of para-hydroxylation sites is 2. The molecule has 0 spiro atoms. The summed E-state index contributed by atoms with van der Waals surface area (Å²) in [5.41, 5.74) is 1.79. The molecule has 0 bridgehead atoms. The highest BCUT2D eigenvalue weighted by Crippen LogP contribution is 2.19. The molecular weight excluding hydrogens is 316 g/mol. The largest absolute Gasteiger partial charge is 0.453 e. The van der Waals surface area contributed by atoms with Crippen LogP contribution in [-0.2, 0) is 9.53 Å². The molecule has 2 amide bonds. The van der Waals surface area contributed by atoms with Gasteiger partial charge in [-0.1, -0.05) is 12.1 Å². The number of H-pyrrole nitrogens is 1. The van der Waals surface area contributed by atoms with Crippen LogP contribution in [0.5, 0.6) is 0 Å². The van der Waals surface area contributed by atoms with Crippen LogP contribution in [0.4, 0.5) is 4.79 Å². The van der Waals surface area contributed by atoms with Gasteiger partial charge in [0.05, 0.1) is 24.2 Å². The van der Waals surface area contributed by atoms with Crippen molar-refractivity contribution in [2.24, 2.45) is 0 Å². The monoisotopic (exact) mass is 336 g/mol. The van der Waals surface area contributed by atoms with E-state index in [2.05, 4.69) is 25.3 Å². The minimum Gasteiger partial charge on any atom is -0.453 e. The number of carbonyl (C=O) groups is 2. The lowest BCUT2D eigenvalue weighted by Crippen LogP contribution is -2.39. The highest BCUT2D eigenvalue weighted by Gasteiger charge is 2.18. The number of fused-ring (bicyclic) bond motifs is 1. The normalized spacial score (nSPS) is 11.9. The number of benzene rings is 1. The average Bonchev–Trinajstić information content (AvgIpc) is 3.00. The third-order valence-electron chi connectivity index (χ3n) is 3.26. The van der Waals surface area contributed by atoms with Crippen LogP contribution < -0.4 is 10.6 Å². The van der Waals surface area contributed by atoms with Gasteiger partial charge >= 0.3 is 6.09 Å². The van der Waals surface area contributed by atoms with Gasteiger partial charge in [-0.3, -0.25) is 4.79 Å². The van der Waals surface area contributed by atoms with Crippen molar-refractivity contribution in [1.82, 2.24) is 20.6 Å². The molecule has 3 N–H and O–H groups in total. The summed E-state index contributed by atoms with van der Waals surface area (Å²) in [6.45, 7) is -0.136. The topological polar surface area (TPSA) is 96.1 Å². The highest BCUT2D eigenvalue weighted by molar-refractivity contribution is 7.98. The zero-order chi connectivity index (χ0) is 16.7. The molecule has 1 atom stereocenters. The van der Waals surface area contributed by atoms with Crippen molar-refractivity contribution in [3.63, 3.8) is 0 Å². The van der Waals surface area contributed by atoms with Crippen LogP contribution in [0.2, 0.25) is 0 Å². The maximum atomic E-state index is 12.0. The van der Waals surface area contributed by atoms with E-state index in [1.54, 1.807) is 11.8 Å². The van der Waals surface area contributed by atoms with E-state index < -0.39 is 6.09 Å². The van der Waals surface area contributed by atoms with Crippen LogP contribution in [-0.4, -0.2) is 47.6 Å². The van der Waals surface area contributed by atoms with Gasteiger partial charge in [-0.15, -0.1) is 0 Å². The number of ether oxygens (including phenoxy) is 1. The Labute approximate surface area is 138 Å². The lowest BCUT2D eigenvalue weighted by molar-refractivity contribution is -0.121. The Morgan fingerprint density at radius 2 is 2.17 bits per heavy atom. The molecule has 0 fully saturated rings. The molecule has 0 saturated carbocycles. The van der Waals surface area contributed by atoms with Gasteiger partial charge in [0.25, 0.3) is 0 Å². The maximum absolute atomic E-state index is 12.0. The van der Waals surface area contributed by atoms with Crippen LogP contribution in [0.3, 0.4) is 0 Å². The number of methoxy groups -OCH3 is 1. The van der Waals surface area contributed by atoms with Gasteiger partial charge < -0.3 is 20.4 Å². The second kappa shape index (κ2) is 8.42. The standard InChI is InChI=1S/C15H20N4O3S/c1-22-15(21)16-9-13(20)17-12(7-8-23-2)14-18-10-5-3-4-6-11(10)19-14/h3-6,12H,7-9H2,1-2H3,(H,16,21)(H,17,20)(H,18,19)/t12-/m0/s1. The molecule has 124 valence electrons. The second-order valence-corrected chi connectivity index (χ2v) is 5.87. The Balaban J connectivity index is 2.06. The number of aromatic amines is 1. The van der Waals surface area contributed by atoms with Gasteiger partial charge in [0.15, 0.2) is 0 Å². The van der Waals surface area contributed by atoms with Crippen LogP contribution in [0, 0.1) is 0 Å². The van der Waals surface area contributed by atoms with Gasteiger partial charge in [-0.2, -0.15) is 11.8 Å². The molecule has 0 radical (unpaired) electrons. The van der Waals surface area contributed by atoms with Gasteiger partial charge in [0, 0.05) is 0 Å². The first-order valence-corrected chi connectivity index (χ1v) is 8.58. The molecule has 0 aliphatic carbocycles. The fourth-order valence-corrected chi connectivity index (χ4v) is 2.59. The van der Waals surface area contributed by atoms with Gasteiger partial charge in [-0.05, 0) is 30.6 Å². The number of hydrogen-bond donors (Lipinski definition) is 3. The molecular formula is C15H20N4O3S. The Morgan fingerprint density at radius 1 is 1.39 bits per heavy atom. The van der Waals surface area contributed by atoms with E-state index in [1.165, 1.54) is 7.11 Å². The lowest BCUT2D eigenvalue weighted by atomic mass is 10.2. The summed E-state index contributed by atoms with van der Waals surface area (Å²) in [5.74, 6) is 1.31. The maximum Gasteiger partial charge on any atom is 0.407 e. The zero-order valence-corrected chi connectivity index (χ0v) is 13.9. The van der Waals surface area contributed by atoms with Crippen molar-refractivity contribution in [1.29, 1.82) is 0 Å². The van der Waals surface area contributed by atoms with Crippen LogP contribution in [0.1, 0.15) is 18.3 Å².